The number of alkyl halides is 4. The van der Waals surface area contributed by atoms with Gasteiger partial charge in [-0.05, 0) is 24.6 Å². The maximum absolute atomic E-state index is 13.8. The molecule has 16 heavy (non-hydrogen) atoms. The minimum absolute atomic E-state index is 0.271. The highest BCUT2D eigenvalue weighted by Crippen LogP contribution is 2.37. The zero-order valence-corrected chi connectivity index (χ0v) is 8.39. The van der Waals surface area contributed by atoms with Crippen LogP contribution in [0.1, 0.15) is 23.7 Å². The van der Waals surface area contributed by atoms with Crippen molar-refractivity contribution in [3.05, 3.63) is 35.4 Å². The average Bonchev–Trinajstić information content (AvgIpc) is 2.13. The number of halogens is 4. The predicted octanol–water partition coefficient (Wildman–Crippen LogP) is 3.08. The van der Waals surface area contributed by atoms with Crippen LogP contribution < -0.4 is 5.32 Å². The highest BCUT2D eigenvalue weighted by atomic mass is 19.4. The van der Waals surface area contributed by atoms with E-state index >= 15 is 0 Å². The van der Waals surface area contributed by atoms with Crippen LogP contribution in [-0.2, 0) is 6.18 Å². The molecule has 0 radical (unpaired) electrons. The van der Waals surface area contributed by atoms with Crippen LogP contribution in [0, 0.1) is 0 Å². The summed E-state index contributed by atoms with van der Waals surface area (Å²) in [6.07, 6.45) is -5.51. The molecule has 0 bridgehead atoms. The van der Waals surface area contributed by atoms with Gasteiger partial charge in [0.15, 0.2) is 0 Å². The molecule has 2 rings (SSSR count). The Kier molecular flexibility index (Phi) is 2.88. The molecule has 5 heteroatoms. The maximum atomic E-state index is 13.8. The van der Waals surface area contributed by atoms with E-state index in [1.165, 1.54) is 18.2 Å². The fourth-order valence-corrected chi connectivity index (χ4v) is 1.77. The lowest BCUT2D eigenvalue weighted by atomic mass is 9.93. The number of benzene rings is 1. The van der Waals surface area contributed by atoms with Crippen molar-refractivity contribution in [2.45, 2.75) is 24.8 Å². The van der Waals surface area contributed by atoms with Crippen LogP contribution >= 0.6 is 0 Å². The standard InChI is InChI=1S/C11H11F4N/c12-10(9-5-6-16-9)7-3-1-2-4-8(7)11(13,14)15/h1-4,9-10,16H,5-6H2. The lowest BCUT2D eigenvalue weighted by Gasteiger charge is -2.31. The Labute approximate surface area is 90.5 Å². The summed E-state index contributed by atoms with van der Waals surface area (Å²) in [5, 5.41) is 2.78. The van der Waals surface area contributed by atoms with Crippen LogP contribution in [-0.4, -0.2) is 12.6 Å². The molecule has 0 spiro atoms. The molecule has 88 valence electrons. The van der Waals surface area contributed by atoms with Gasteiger partial charge in [0, 0.05) is 6.04 Å². The van der Waals surface area contributed by atoms with Crippen molar-refractivity contribution >= 4 is 0 Å². The number of hydrogen-bond acceptors (Lipinski definition) is 1. The van der Waals surface area contributed by atoms with Crippen molar-refractivity contribution in [2.24, 2.45) is 0 Å². The van der Waals surface area contributed by atoms with E-state index in [9.17, 15) is 17.6 Å². The summed E-state index contributed by atoms with van der Waals surface area (Å²) in [7, 11) is 0. The molecule has 1 fully saturated rings. The van der Waals surface area contributed by atoms with Gasteiger partial charge in [-0.25, -0.2) is 4.39 Å². The Bertz CT molecular complexity index is 370. The summed E-state index contributed by atoms with van der Waals surface area (Å²) in [5.41, 5.74) is -1.15. The van der Waals surface area contributed by atoms with Crippen molar-refractivity contribution in [1.29, 1.82) is 0 Å². The highest BCUT2D eigenvalue weighted by Gasteiger charge is 2.38. The summed E-state index contributed by atoms with van der Waals surface area (Å²) in [5.74, 6) is 0. The third-order valence-corrected chi connectivity index (χ3v) is 2.78. The topological polar surface area (TPSA) is 12.0 Å². The maximum Gasteiger partial charge on any atom is 0.416 e. The van der Waals surface area contributed by atoms with Gasteiger partial charge in [-0.3, -0.25) is 0 Å². The van der Waals surface area contributed by atoms with Gasteiger partial charge in [0.2, 0.25) is 0 Å². The Morgan fingerprint density at radius 2 is 1.88 bits per heavy atom. The van der Waals surface area contributed by atoms with E-state index in [2.05, 4.69) is 5.32 Å². The molecular formula is C11H11F4N. The Balaban J connectivity index is 2.32. The Morgan fingerprint density at radius 3 is 2.38 bits per heavy atom. The van der Waals surface area contributed by atoms with Crippen molar-refractivity contribution < 1.29 is 17.6 Å². The highest BCUT2D eigenvalue weighted by molar-refractivity contribution is 5.32. The van der Waals surface area contributed by atoms with Crippen LogP contribution in [0.15, 0.2) is 24.3 Å². The van der Waals surface area contributed by atoms with Crippen LogP contribution in [0.25, 0.3) is 0 Å². The van der Waals surface area contributed by atoms with Crippen molar-refractivity contribution in [3.8, 4) is 0 Å². The second kappa shape index (κ2) is 4.05. The third kappa shape index (κ3) is 2.04. The quantitative estimate of drug-likeness (QED) is 0.774. The number of hydrogen-bond donors (Lipinski definition) is 1. The van der Waals surface area contributed by atoms with E-state index in [0.717, 1.165) is 6.07 Å². The van der Waals surface area contributed by atoms with E-state index < -0.39 is 24.0 Å². The van der Waals surface area contributed by atoms with Crippen molar-refractivity contribution in [3.63, 3.8) is 0 Å². The lowest BCUT2D eigenvalue weighted by Crippen LogP contribution is -2.46. The molecule has 1 aliphatic heterocycles. The van der Waals surface area contributed by atoms with E-state index in [1.54, 1.807) is 0 Å². The Morgan fingerprint density at radius 1 is 1.25 bits per heavy atom. The monoisotopic (exact) mass is 233 g/mol. The van der Waals surface area contributed by atoms with Crippen LogP contribution in [0.4, 0.5) is 17.6 Å². The summed E-state index contributed by atoms with van der Waals surface area (Å²) in [4.78, 5) is 0. The Hall–Kier alpha value is -1.10. The van der Waals surface area contributed by atoms with Gasteiger partial charge >= 0.3 is 6.18 Å². The molecule has 2 atom stereocenters. The molecule has 1 aliphatic rings. The van der Waals surface area contributed by atoms with Gasteiger partial charge in [-0.2, -0.15) is 13.2 Å². The molecule has 1 N–H and O–H groups in total. The SMILES string of the molecule is FC(c1ccccc1C(F)(F)F)C1CCN1. The zero-order valence-electron chi connectivity index (χ0n) is 8.39. The first kappa shape index (κ1) is 11.4. The van der Waals surface area contributed by atoms with Crippen LogP contribution in [0.5, 0.6) is 0 Å². The van der Waals surface area contributed by atoms with Gasteiger partial charge in [0.05, 0.1) is 5.56 Å². The van der Waals surface area contributed by atoms with Crippen LogP contribution in [0.3, 0.4) is 0 Å². The van der Waals surface area contributed by atoms with Gasteiger partial charge in [-0.1, -0.05) is 18.2 Å². The van der Waals surface area contributed by atoms with E-state index in [0.29, 0.717) is 13.0 Å². The zero-order chi connectivity index (χ0) is 11.8. The molecule has 0 aliphatic carbocycles. The van der Waals surface area contributed by atoms with Gasteiger partial charge in [0.25, 0.3) is 0 Å². The molecule has 1 aromatic rings. The smallest absolute Gasteiger partial charge is 0.311 e. The molecule has 0 amide bonds. The normalized spacial score (nSPS) is 22.6. The number of rotatable bonds is 2. The van der Waals surface area contributed by atoms with E-state index in [1.807, 2.05) is 0 Å². The first-order chi connectivity index (χ1) is 7.50. The summed E-state index contributed by atoms with van der Waals surface area (Å²) in [6, 6.07) is 4.33. The fraction of sp³-hybridized carbons (Fsp3) is 0.455. The van der Waals surface area contributed by atoms with Gasteiger partial charge in [-0.15, -0.1) is 0 Å². The first-order valence-corrected chi connectivity index (χ1v) is 5.04. The molecule has 0 saturated carbocycles. The number of nitrogens with one attached hydrogen (secondary N) is 1. The molecule has 2 unspecified atom stereocenters. The second-order valence-electron chi connectivity index (χ2n) is 3.84. The summed E-state index contributed by atoms with van der Waals surface area (Å²) >= 11 is 0. The molecule has 1 heterocycles. The summed E-state index contributed by atoms with van der Waals surface area (Å²) < 4.78 is 51.6. The van der Waals surface area contributed by atoms with Gasteiger partial charge < -0.3 is 5.32 Å². The van der Waals surface area contributed by atoms with E-state index in [-0.39, 0.29) is 5.56 Å². The molecular weight excluding hydrogens is 222 g/mol. The molecule has 0 aromatic heterocycles. The summed E-state index contributed by atoms with van der Waals surface area (Å²) in [6.45, 7) is 0.666. The molecule has 1 nitrogen and oxygen atoms in total. The first-order valence-electron chi connectivity index (χ1n) is 5.04. The second-order valence-corrected chi connectivity index (χ2v) is 3.84. The van der Waals surface area contributed by atoms with E-state index in [4.69, 9.17) is 0 Å². The van der Waals surface area contributed by atoms with Crippen molar-refractivity contribution in [2.75, 3.05) is 6.54 Å². The predicted molar refractivity (Wildman–Crippen MR) is 51.7 cm³/mol. The average molecular weight is 233 g/mol. The molecule has 1 aromatic carbocycles. The molecule has 1 saturated heterocycles. The third-order valence-electron chi connectivity index (χ3n) is 2.78. The largest absolute Gasteiger partial charge is 0.416 e. The van der Waals surface area contributed by atoms with Crippen molar-refractivity contribution in [1.82, 2.24) is 5.32 Å². The minimum atomic E-state index is -4.50. The minimum Gasteiger partial charge on any atom is -0.311 e. The fourth-order valence-electron chi connectivity index (χ4n) is 1.77. The van der Waals surface area contributed by atoms with Gasteiger partial charge in [0.1, 0.15) is 6.17 Å². The lowest BCUT2D eigenvalue weighted by molar-refractivity contribution is -0.139. The van der Waals surface area contributed by atoms with Crippen LogP contribution in [0.2, 0.25) is 0 Å².